The Kier molecular flexibility index (Phi) is 2.56. The molecule has 5 nitrogen and oxygen atoms in total. The monoisotopic (exact) mass is 257 g/mol. The van der Waals surface area contributed by atoms with Crippen molar-refractivity contribution >= 4 is 28.8 Å². The number of benzene rings is 1. The quantitative estimate of drug-likeness (QED) is 0.686. The minimum atomic E-state index is 0.578. The number of pyridine rings is 1. The molecule has 0 spiro atoms. The van der Waals surface area contributed by atoms with Gasteiger partial charge < -0.3 is 11.5 Å². The molecule has 3 rings (SSSR count). The van der Waals surface area contributed by atoms with Crippen LogP contribution in [0.15, 0.2) is 52.6 Å². The first kappa shape index (κ1) is 10.9. The molecule has 0 saturated heterocycles. The lowest BCUT2D eigenvalue weighted by atomic mass is 10.3. The molecule has 90 valence electrons. The number of nitrogen functional groups attached to an aromatic ring is 2. The lowest BCUT2D eigenvalue weighted by molar-refractivity contribution is 0.921. The fourth-order valence-corrected chi connectivity index (χ4v) is 2.48. The number of fused-ring (bicyclic) bond motifs is 1. The van der Waals surface area contributed by atoms with E-state index in [0.29, 0.717) is 11.4 Å². The van der Waals surface area contributed by atoms with E-state index in [1.165, 1.54) is 11.8 Å². The summed E-state index contributed by atoms with van der Waals surface area (Å²) in [7, 11) is 0. The molecule has 0 aliphatic carbocycles. The maximum absolute atomic E-state index is 5.78. The number of hydrogen-bond donors (Lipinski definition) is 2. The van der Waals surface area contributed by atoms with Gasteiger partial charge in [0.1, 0.15) is 0 Å². The zero-order valence-corrected chi connectivity index (χ0v) is 10.3. The van der Waals surface area contributed by atoms with Crippen molar-refractivity contribution in [2.24, 2.45) is 0 Å². The summed E-state index contributed by atoms with van der Waals surface area (Å²) in [5, 5.41) is 9.04. The van der Waals surface area contributed by atoms with Crippen molar-refractivity contribution in [2.75, 3.05) is 11.5 Å². The molecule has 0 aliphatic heterocycles. The summed E-state index contributed by atoms with van der Waals surface area (Å²) in [6, 6.07) is 11.3. The van der Waals surface area contributed by atoms with Crippen LogP contribution < -0.4 is 11.5 Å². The summed E-state index contributed by atoms with van der Waals surface area (Å²) in [5.74, 6) is 0. The van der Waals surface area contributed by atoms with Crippen LogP contribution in [0.25, 0.3) is 5.65 Å². The Morgan fingerprint density at radius 1 is 1.00 bits per heavy atom. The SMILES string of the molecule is Nc1ccc(Sc2nnc3ccccn23)cc1N. The van der Waals surface area contributed by atoms with Crippen LogP contribution in [0.2, 0.25) is 0 Å². The zero-order chi connectivity index (χ0) is 12.5. The second-order valence-corrected chi connectivity index (χ2v) is 4.84. The summed E-state index contributed by atoms with van der Waals surface area (Å²) in [4.78, 5) is 0.986. The third-order valence-corrected chi connectivity index (χ3v) is 3.50. The topological polar surface area (TPSA) is 82.2 Å². The van der Waals surface area contributed by atoms with Gasteiger partial charge in [0.2, 0.25) is 0 Å². The fraction of sp³-hybridized carbons (Fsp3) is 0. The number of hydrogen-bond acceptors (Lipinski definition) is 5. The van der Waals surface area contributed by atoms with Crippen LogP contribution in [-0.4, -0.2) is 14.6 Å². The van der Waals surface area contributed by atoms with Gasteiger partial charge in [-0.05, 0) is 42.1 Å². The van der Waals surface area contributed by atoms with Gasteiger partial charge in [-0.1, -0.05) is 6.07 Å². The van der Waals surface area contributed by atoms with E-state index < -0.39 is 0 Å². The lowest BCUT2D eigenvalue weighted by Gasteiger charge is -2.03. The first-order valence-corrected chi connectivity index (χ1v) is 6.18. The molecule has 0 saturated carbocycles. The van der Waals surface area contributed by atoms with E-state index >= 15 is 0 Å². The molecule has 4 N–H and O–H groups in total. The molecule has 2 aromatic heterocycles. The van der Waals surface area contributed by atoms with Crippen LogP contribution in [0.4, 0.5) is 11.4 Å². The van der Waals surface area contributed by atoms with Crippen molar-refractivity contribution in [1.29, 1.82) is 0 Å². The third-order valence-electron chi connectivity index (χ3n) is 2.55. The highest BCUT2D eigenvalue weighted by Crippen LogP contribution is 2.29. The van der Waals surface area contributed by atoms with Crippen LogP contribution in [0.1, 0.15) is 0 Å². The van der Waals surface area contributed by atoms with Crippen molar-refractivity contribution < 1.29 is 0 Å². The molecule has 18 heavy (non-hydrogen) atoms. The fourth-order valence-electron chi connectivity index (χ4n) is 1.61. The molecule has 1 aromatic carbocycles. The Morgan fingerprint density at radius 3 is 2.72 bits per heavy atom. The van der Waals surface area contributed by atoms with Crippen LogP contribution in [0.3, 0.4) is 0 Å². The Balaban J connectivity index is 1.98. The number of rotatable bonds is 2. The molecular weight excluding hydrogens is 246 g/mol. The van der Waals surface area contributed by atoms with Crippen molar-refractivity contribution in [1.82, 2.24) is 14.6 Å². The Labute approximate surface area is 108 Å². The first-order valence-electron chi connectivity index (χ1n) is 5.36. The van der Waals surface area contributed by atoms with E-state index in [9.17, 15) is 0 Å². The predicted molar refractivity (Wildman–Crippen MR) is 72.4 cm³/mol. The van der Waals surface area contributed by atoms with E-state index in [4.69, 9.17) is 11.5 Å². The number of anilines is 2. The molecule has 0 bridgehead atoms. The van der Waals surface area contributed by atoms with E-state index in [0.717, 1.165) is 15.7 Å². The number of nitrogens with zero attached hydrogens (tertiary/aromatic N) is 3. The van der Waals surface area contributed by atoms with Gasteiger partial charge in [-0.3, -0.25) is 4.40 Å². The summed E-state index contributed by atoms with van der Waals surface area (Å²) in [6.45, 7) is 0. The molecule has 0 aliphatic rings. The Hall–Kier alpha value is -2.21. The minimum absolute atomic E-state index is 0.578. The molecule has 3 aromatic rings. The van der Waals surface area contributed by atoms with E-state index in [-0.39, 0.29) is 0 Å². The van der Waals surface area contributed by atoms with Crippen molar-refractivity contribution in [2.45, 2.75) is 10.1 Å². The normalized spacial score (nSPS) is 10.9. The Morgan fingerprint density at radius 2 is 1.89 bits per heavy atom. The number of nitrogens with two attached hydrogens (primary N) is 2. The third kappa shape index (κ3) is 1.86. The summed E-state index contributed by atoms with van der Waals surface area (Å²) >= 11 is 1.50. The molecule has 0 unspecified atom stereocenters. The van der Waals surface area contributed by atoms with Crippen LogP contribution in [0, 0.1) is 0 Å². The average molecular weight is 257 g/mol. The second-order valence-electron chi connectivity index (χ2n) is 3.80. The van der Waals surface area contributed by atoms with Gasteiger partial charge in [-0.25, -0.2) is 0 Å². The van der Waals surface area contributed by atoms with E-state index in [1.807, 2.05) is 40.9 Å². The molecule has 0 atom stereocenters. The molecule has 6 heteroatoms. The predicted octanol–water partition coefficient (Wildman–Crippen LogP) is 2.04. The smallest absolute Gasteiger partial charge is 0.200 e. The Bertz CT molecular complexity index is 707. The van der Waals surface area contributed by atoms with Crippen LogP contribution in [-0.2, 0) is 0 Å². The summed E-state index contributed by atoms with van der Waals surface area (Å²) in [5.41, 5.74) is 13.5. The van der Waals surface area contributed by atoms with Gasteiger partial charge in [0.25, 0.3) is 0 Å². The average Bonchev–Trinajstić information content (AvgIpc) is 2.78. The second kappa shape index (κ2) is 4.23. The van der Waals surface area contributed by atoms with Gasteiger partial charge in [0, 0.05) is 11.1 Å². The highest BCUT2D eigenvalue weighted by atomic mass is 32.2. The highest BCUT2D eigenvalue weighted by molar-refractivity contribution is 7.99. The highest BCUT2D eigenvalue weighted by Gasteiger charge is 2.07. The molecule has 0 radical (unpaired) electrons. The van der Waals surface area contributed by atoms with E-state index in [1.54, 1.807) is 6.07 Å². The van der Waals surface area contributed by atoms with Crippen LogP contribution in [0.5, 0.6) is 0 Å². The van der Waals surface area contributed by atoms with Gasteiger partial charge >= 0.3 is 0 Å². The van der Waals surface area contributed by atoms with Crippen molar-refractivity contribution in [3.8, 4) is 0 Å². The van der Waals surface area contributed by atoms with Gasteiger partial charge in [-0.15, -0.1) is 10.2 Å². The standard InChI is InChI=1S/C12H11N5S/c13-9-5-4-8(7-10(9)14)18-12-16-15-11-3-1-2-6-17(11)12/h1-7H,13-14H2. The van der Waals surface area contributed by atoms with E-state index in [2.05, 4.69) is 10.2 Å². The van der Waals surface area contributed by atoms with Gasteiger partial charge in [0.15, 0.2) is 10.8 Å². The zero-order valence-electron chi connectivity index (χ0n) is 9.45. The first-order chi connectivity index (χ1) is 8.74. The largest absolute Gasteiger partial charge is 0.397 e. The summed E-state index contributed by atoms with van der Waals surface area (Å²) in [6.07, 6.45) is 1.93. The van der Waals surface area contributed by atoms with Gasteiger partial charge in [0.05, 0.1) is 11.4 Å². The summed E-state index contributed by atoms with van der Waals surface area (Å²) < 4.78 is 1.93. The molecular formula is C12H11N5S. The molecule has 0 amide bonds. The maximum atomic E-state index is 5.78. The lowest BCUT2D eigenvalue weighted by Crippen LogP contribution is -1.94. The van der Waals surface area contributed by atoms with Crippen LogP contribution >= 0.6 is 11.8 Å². The maximum Gasteiger partial charge on any atom is 0.200 e. The minimum Gasteiger partial charge on any atom is -0.397 e. The van der Waals surface area contributed by atoms with Crippen molar-refractivity contribution in [3.63, 3.8) is 0 Å². The molecule has 0 fully saturated rings. The van der Waals surface area contributed by atoms with Gasteiger partial charge in [-0.2, -0.15) is 0 Å². The molecule has 2 heterocycles. The van der Waals surface area contributed by atoms with Crippen molar-refractivity contribution in [3.05, 3.63) is 42.6 Å². The number of aromatic nitrogens is 3.